The van der Waals surface area contributed by atoms with Crippen molar-refractivity contribution in [2.45, 2.75) is 104 Å². The molecule has 1 aromatic carbocycles. The lowest BCUT2D eigenvalue weighted by Crippen LogP contribution is -2.54. The molecule has 0 unspecified atom stereocenters. The number of carbonyl (C=O) groups is 4. The molecular formula is C28H45N3O6. The van der Waals surface area contributed by atoms with Gasteiger partial charge in [0.05, 0.1) is 18.6 Å². The van der Waals surface area contributed by atoms with Gasteiger partial charge < -0.3 is 20.1 Å². The number of rotatable bonds is 12. The van der Waals surface area contributed by atoms with Crippen molar-refractivity contribution in [1.82, 2.24) is 16.0 Å². The highest BCUT2D eigenvalue weighted by molar-refractivity contribution is 5.91. The third-order valence-electron chi connectivity index (χ3n) is 5.05. The number of amides is 2. The third-order valence-corrected chi connectivity index (χ3v) is 5.05. The number of benzene rings is 1. The van der Waals surface area contributed by atoms with Crippen LogP contribution in [0, 0.1) is 5.92 Å². The highest BCUT2D eigenvalue weighted by Gasteiger charge is 2.30. The molecule has 208 valence electrons. The van der Waals surface area contributed by atoms with E-state index in [0.29, 0.717) is 12.8 Å². The Hall–Kier alpha value is -2.94. The summed E-state index contributed by atoms with van der Waals surface area (Å²) in [4.78, 5) is 50.9. The first-order valence-electron chi connectivity index (χ1n) is 12.8. The van der Waals surface area contributed by atoms with Crippen molar-refractivity contribution >= 4 is 23.8 Å². The van der Waals surface area contributed by atoms with Crippen molar-refractivity contribution < 1.29 is 28.7 Å². The van der Waals surface area contributed by atoms with Gasteiger partial charge in [-0.1, -0.05) is 44.2 Å². The number of esters is 1. The van der Waals surface area contributed by atoms with Crippen LogP contribution in [0.3, 0.4) is 0 Å². The number of ketones is 1. The Bertz CT molecular complexity index is 903. The lowest BCUT2D eigenvalue weighted by atomic mass is 10.0. The van der Waals surface area contributed by atoms with Crippen LogP contribution in [-0.4, -0.2) is 59.6 Å². The Morgan fingerprint density at radius 1 is 0.811 bits per heavy atom. The molecule has 0 bridgehead atoms. The van der Waals surface area contributed by atoms with Crippen LogP contribution in [0.5, 0.6) is 0 Å². The van der Waals surface area contributed by atoms with Crippen molar-refractivity contribution in [3.63, 3.8) is 0 Å². The fourth-order valence-corrected chi connectivity index (χ4v) is 3.38. The second-order valence-electron chi connectivity index (χ2n) is 11.7. The van der Waals surface area contributed by atoms with E-state index in [4.69, 9.17) is 9.47 Å². The first-order valence-corrected chi connectivity index (χ1v) is 12.8. The molecule has 0 heterocycles. The van der Waals surface area contributed by atoms with Gasteiger partial charge >= 0.3 is 12.1 Å². The smallest absolute Gasteiger partial charge is 0.408 e. The minimum Gasteiger partial charge on any atom is -0.458 e. The predicted molar refractivity (Wildman–Crippen MR) is 143 cm³/mol. The fourth-order valence-electron chi connectivity index (χ4n) is 3.38. The molecule has 0 radical (unpaired) electrons. The first-order chi connectivity index (χ1) is 17.0. The molecule has 3 atom stereocenters. The Labute approximate surface area is 221 Å². The summed E-state index contributed by atoms with van der Waals surface area (Å²) in [5.74, 6) is -1.09. The molecule has 37 heavy (non-hydrogen) atoms. The number of ether oxygens (including phenoxy) is 2. The molecule has 1 aromatic rings. The van der Waals surface area contributed by atoms with Crippen molar-refractivity contribution in [2.75, 3.05) is 6.54 Å². The van der Waals surface area contributed by atoms with Crippen molar-refractivity contribution in [3.8, 4) is 0 Å². The van der Waals surface area contributed by atoms with E-state index in [9.17, 15) is 19.2 Å². The molecule has 0 aliphatic carbocycles. The van der Waals surface area contributed by atoms with Gasteiger partial charge in [-0.25, -0.2) is 9.59 Å². The van der Waals surface area contributed by atoms with Crippen LogP contribution < -0.4 is 16.0 Å². The van der Waals surface area contributed by atoms with Crippen molar-refractivity contribution in [1.29, 1.82) is 0 Å². The summed E-state index contributed by atoms with van der Waals surface area (Å²) in [6.07, 6.45) is 0.0196. The summed E-state index contributed by atoms with van der Waals surface area (Å²) in [5, 5.41) is 8.35. The molecule has 0 saturated carbocycles. The average Bonchev–Trinajstić information content (AvgIpc) is 2.73. The van der Waals surface area contributed by atoms with Gasteiger partial charge in [0.2, 0.25) is 5.91 Å². The second-order valence-corrected chi connectivity index (χ2v) is 11.7. The molecule has 0 aromatic heterocycles. The number of nitrogens with one attached hydrogen (secondary N) is 3. The highest BCUT2D eigenvalue weighted by atomic mass is 16.6. The van der Waals surface area contributed by atoms with Gasteiger partial charge in [-0.2, -0.15) is 0 Å². The number of hydrogen-bond donors (Lipinski definition) is 3. The number of hydrogen-bond acceptors (Lipinski definition) is 7. The van der Waals surface area contributed by atoms with E-state index in [-0.39, 0.29) is 18.2 Å². The van der Waals surface area contributed by atoms with Gasteiger partial charge in [-0.15, -0.1) is 0 Å². The molecule has 9 heteroatoms. The minimum atomic E-state index is -0.824. The Morgan fingerprint density at radius 2 is 1.38 bits per heavy atom. The SMILES string of the molecule is CC(C)C[C@H](NC(=O)[C@H](Cc1ccccc1)NCC(=O)[C@H](C)NC(=O)OC(C)(C)C)C(=O)OC(C)(C)C. The Kier molecular flexibility index (Phi) is 12.2. The molecule has 0 saturated heterocycles. The molecule has 0 aliphatic heterocycles. The van der Waals surface area contributed by atoms with Gasteiger partial charge in [-0.3, -0.25) is 14.9 Å². The summed E-state index contributed by atoms with van der Waals surface area (Å²) in [6.45, 7) is 15.8. The van der Waals surface area contributed by atoms with E-state index in [1.165, 1.54) is 0 Å². The van der Waals surface area contributed by atoms with Crippen LogP contribution >= 0.6 is 0 Å². The van der Waals surface area contributed by atoms with Crippen LogP contribution in [0.1, 0.15) is 74.3 Å². The van der Waals surface area contributed by atoms with E-state index >= 15 is 0 Å². The minimum absolute atomic E-state index is 0.139. The van der Waals surface area contributed by atoms with Gasteiger partial charge in [-0.05, 0) is 72.8 Å². The van der Waals surface area contributed by atoms with Crippen LogP contribution in [0.15, 0.2) is 30.3 Å². The van der Waals surface area contributed by atoms with Gasteiger partial charge in [0, 0.05) is 0 Å². The second kappa shape index (κ2) is 14.1. The van der Waals surface area contributed by atoms with Crippen molar-refractivity contribution in [3.05, 3.63) is 35.9 Å². The zero-order valence-electron chi connectivity index (χ0n) is 23.8. The topological polar surface area (TPSA) is 123 Å². The standard InChI is InChI=1S/C28H45N3O6/c1-18(2)15-22(25(34)36-27(4,5)6)31-24(33)21(16-20-13-11-10-12-14-20)29-17-23(32)19(3)30-26(35)37-28(7,8)9/h10-14,18-19,21-22,29H,15-17H2,1-9H3,(H,30,35)(H,31,33)/t19-,21-,22-/m0/s1. The molecule has 0 spiro atoms. The molecule has 2 amide bonds. The first kappa shape index (κ1) is 32.1. The maximum atomic E-state index is 13.3. The molecule has 0 aliphatic rings. The van der Waals surface area contributed by atoms with Crippen LogP contribution in [-0.2, 0) is 30.3 Å². The summed E-state index contributed by atoms with van der Waals surface area (Å²) in [5.41, 5.74) is -0.493. The lowest BCUT2D eigenvalue weighted by molar-refractivity contribution is -0.159. The Morgan fingerprint density at radius 3 is 1.89 bits per heavy atom. The van der Waals surface area contributed by atoms with Crippen LogP contribution in [0.4, 0.5) is 4.79 Å². The number of alkyl carbamates (subject to hydrolysis) is 1. The van der Waals surface area contributed by atoms with Crippen LogP contribution in [0.25, 0.3) is 0 Å². The highest BCUT2D eigenvalue weighted by Crippen LogP contribution is 2.14. The fraction of sp³-hybridized carbons (Fsp3) is 0.643. The maximum absolute atomic E-state index is 13.3. The molecule has 1 rings (SSSR count). The summed E-state index contributed by atoms with van der Waals surface area (Å²) >= 11 is 0. The number of Topliss-reactive ketones (excluding diaryl/α,β-unsaturated/α-hetero) is 1. The van der Waals surface area contributed by atoms with Crippen molar-refractivity contribution in [2.24, 2.45) is 5.92 Å². The molecule has 0 fully saturated rings. The largest absolute Gasteiger partial charge is 0.458 e. The quantitative estimate of drug-likeness (QED) is 0.361. The van der Waals surface area contributed by atoms with E-state index in [2.05, 4.69) is 16.0 Å². The third kappa shape index (κ3) is 13.8. The molecular weight excluding hydrogens is 474 g/mol. The average molecular weight is 520 g/mol. The van der Waals surface area contributed by atoms with E-state index in [1.807, 2.05) is 44.2 Å². The summed E-state index contributed by atoms with van der Waals surface area (Å²) in [6, 6.07) is 6.94. The van der Waals surface area contributed by atoms with Crippen LogP contribution in [0.2, 0.25) is 0 Å². The predicted octanol–water partition coefficient (Wildman–Crippen LogP) is 3.54. The zero-order valence-corrected chi connectivity index (χ0v) is 23.8. The lowest BCUT2D eigenvalue weighted by Gasteiger charge is -2.27. The van der Waals surface area contributed by atoms with Gasteiger partial charge in [0.1, 0.15) is 17.2 Å². The zero-order chi connectivity index (χ0) is 28.4. The maximum Gasteiger partial charge on any atom is 0.408 e. The van der Waals surface area contributed by atoms with E-state index < -0.39 is 47.3 Å². The number of carbonyl (C=O) groups excluding carboxylic acids is 4. The van der Waals surface area contributed by atoms with E-state index in [0.717, 1.165) is 5.56 Å². The van der Waals surface area contributed by atoms with Gasteiger partial charge in [0.15, 0.2) is 5.78 Å². The summed E-state index contributed by atoms with van der Waals surface area (Å²) in [7, 11) is 0. The van der Waals surface area contributed by atoms with Gasteiger partial charge in [0.25, 0.3) is 0 Å². The monoisotopic (exact) mass is 519 g/mol. The molecule has 9 nitrogen and oxygen atoms in total. The summed E-state index contributed by atoms with van der Waals surface area (Å²) < 4.78 is 10.7. The Balaban J connectivity index is 2.96. The normalized spacial score (nSPS) is 14.3. The van der Waals surface area contributed by atoms with E-state index in [1.54, 1.807) is 48.5 Å². The molecule has 3 N–H and O–H groups in total.